The van der Waals surface area contributed by atoms with Crippen molar-refractivity contribution in [2.24, 2.45) is 5.92 Å². The summed E-state index contributed by atoms with van der Waals surface area (Å²) in [7, 11) is 0. The van der Waals surface area contributed by atoms with Crippen LogP contribution in [0.5, 0.6) is 5.75 Å². The van der Waals surface area contributed by atoms with Crippen molar-refractivity contribution in [3.05, 3.63) is 28.2 Å². The number of halogens is 1. The third-order valence-corrected chi connectivity index (χ3v) is 4.91. The topological polar surface area (TPSA) is 29.5 Å². The second-order valence-electron chi connectivity index (χ2n) is 5.87. The van der Waals surface area contributed by atoms with Gasteiger partial charge in [-0.15, -0.1) is 0 Å². The van der Waals surface area contributed by atoms with Gasteiger partial charge in [0.2, 0.25) is 0 Å². The normalized spacial score (nSPS) is 35.1. The van der Waals surface area contributed by atoms with E-state index in [2.05, 4.69) is 22.9 Å². The molecule has 3 rings (SSSR count). The number of aliphatic hydroxyl groups is 1. The van der Waals surface area contributed by atoms with Gasteiger partial charge in [-0.25, -0.2) is 0 Å². The molecule has 0 saturated heterocycles. The monoisotopic (exact) mass is 310 g/mol. The molecule has 1 unspecified atom stereocenters. The SMILES string of the molecule is CC1CCC2(CC1)CC(O)c1ccc(Br)cc1O2. The van der Waals surface area contributed by atoms with Crippen LogP contribution in [0.1, 0.15) is 50.7 Å². The second kappa shape index (κ2) is 4.53. The minimum absolute atomic E-state index is 0.125. The molecule has 2 aliphatic rings. The van der Waals surface area contributed by atoms with Gasteiger partial charge in [0.05, 0.1) is 6.10 Å². The van der Waals surface area contributed by atoms with Gasteiger partial charge in [0, 0.05) is 16.5 Å². The summed E-state index contributed by atoms with van der Waals surface area (Å²) in [5.41, 5.74) is 0.808. The van der Waals surface area contributed by atoms with E-state index in [9.17, 15) is 5.11 Å². The quantitative estimate of drug-likeness (QED) is 0.777. The average molecular weight is 311 g/mol. The molecule has 1 spiro atoms. The molecule has 1 heterocycles. The summed E-state index contributed by atoms with van der Waals surface area (Å²) in [6.07, 6.45) is 4.91. The average Bonchev–Trinajstić information content (AvgIpc) is 2.33. The zero-order valence-electron chi connectivity index (χ0n) is 10.7. The van der Waals surface area contributed by atoms with E-state index in [1.807, 2.05) is 18.2 Å². The van der Waals surface area contributed by atoms with Gasteiger partial charge in [-0.3, -0.25) is 0 Å². The van der Waals surface area contributed by atoms with E-state index >= 15 is 0 Å². The number of aliphatic hydroxyl groups excluding tert-OH is 1. The number of hydrogen-bond donors (Lipinski definition) is 1. The van der Waals surface area contributed by atoms with Gasteiger partial charge < -0.3 is 9.84 Å². The van der Waals surface area contributed by atoms with Gasteiger partial charge >= 0.3 is 0 Å². The van der Waals surface area contributed by atoms with Gasteiger partial charge in [-0.2, -0.15) is 0 Å². The summed E-state index contributed by atoms with van der Waals surface area (Å²) >= 11 is 3.47. The van der Waals surface area contributed by atoms with E-state index in [1.165, 1.54) is 12.8 Å². The third-order valence-electron chi connectivity index (χ3n) is 4.41. The molecule has 1 aliphatic heterocycles. The van der Waals surface area contributed by atoms with Crippen molar-refractivity contribution >= 4 is 15.9 Å². The summed E-state index contributed by atoms with van der Waals surface area (Å²) in [6.45, 7) is 2.30. The van der Waals surface area contributed by atoms with Crippen LogP contribution in [0.4, 0.5) is 0 Å². The molecule has 1 aromatic rings. The van der Waals surface area contributed by atoms with Crippen LogP contribution in [0.25, 0.3) is 0 Å². The predicted molar refractivity (Wildman–Crippen MR) is 74.7 cm³/mol. The zero-order chi connectivity index (χ0) is 12.8. The lowest BCUT2D eigenvalue weighted by atomic mass is 9.74. The summed E-state index contributed by atoms with van der Waals surface area (Å²) in [5.74, 6) is 1.65. The van der Waals surface area contributed by atoms with Crippen LogP contribution < -0.4 is 4.74 Å². The molecule has 1 aromatic carbocycles. The Kier molecular flexibility index (Phi) is 3.15. The van der Waals surface area contributed by atoms with Gasteiger partial charge in [0.25, 0.3) is 0 Å². The van der Waals surface area contributed by atoms with Crippen LogP contribution in [0, 0.1) is 5.92 Å². The van der Waals surface area contributed by atoms with Crippen LogP contribution in [-0.4, -0.2) is 10.7 Å². The Labute approximate surface area is 116 Å². The molecule has 98 valence electrons. The molecule has 1 aliphatic carbocycles. The fourth-order valence-electron chi connectivity index (χ4n) is 3.20. The van der Waals surface area contributed by atoms with Crippen molar-refractivity contribution in [1.82, 2.24) is 0 Å². The highest BCUT2D eigenvalue weighted by atomic mass is 79.9. The van der Waals surface area contributed by atoms with Crippen molar-refractivity contribution in [2.45, 2.75) is 50.7 Å². The molecule has 2 nitrogen and oxygen atoms in total. The number of ether oxygens (including phenoxy) is 1. The summed E-state index contributed by atoms with van der Waals surface area (Å²) < 4.78 is 7.28. The largest absolute Gasteiger partial charge is 0.487 e. The molecule has 3 heteroatoms. The van der Waals surface area contributed by atoms with E-state index in [0.29, 0.717) is 0 Å². The second-order valence-corrected chi connectivity index (χ2v) is 6.79. The van der Waals surface area contributed by atoms with E-state index in [0.717, 1.165) is 41.0 Å². The Balaban J connectivity index is 1.90. The van der Waals surface area contributed by atoms with E-state index in [4.69, 9.17) is 4.74 Å². The number of rotatable bonds is 0. The minimum Gasteiger partial charge on any atom is -0.487 e. The highest BCUT2D eigenvalue weighted by molar-refractivity contribution is 9.10. The van der Waals surface area contributed by atoms with Crippen molar-refractivity contribution in [1.29, 1.82) is 0 Å². The van der Waals surface area contributed by atoms with Crippen LogP contribution in [-0.2, 0) is 0 Å². The van der Waals surface area contributed by atoms with Crippen LogP contribution in [0.2, 0.25) is 0 Å². The first kappa shape index (κ1) is 12.5. The molecule has 18 heavy (non-hydrogen) atoms. The number of hydrogen-bond acceptors (Lipinski definition) is 2. The molecule has 1 N–H and O–H groups in total. The van der Waals surface area contributed by atoms with E-state index in [1.54, 1.807) is 0 Å². The Bertz CT molecular complexity index is 450. The highest BCUT2D eigenvalue weighted by Gasteiger charge is 2.42. The Morgan fingerprint density at radius 3 is 2.78 bits per heavy atom. The maximum absolute atomic E-state index is 10.3. The smallest absolute Gasteiger partial charge is 0.127 e. The maximum atomic E-state index is 10.3. The number of benzene rings is 1. The Hall–Kier alpha value is -0.540. The minimum atomic E-state index is -0.379. The van der Waals surface area contributed by atoms with Crippen molar-refractivity contribution < 1.29 is 9.84 Å². The molecule has 0 radical (unpaired) electrons. The van der Waals surface area contributed by atoms with Gasteiger partial charge in [-0.05, 0) is 43.7 Å². The molecule has 0 aromatic heterocycles. The first-order chi connectivity index (χ1) is 8.58. The summed E-state index contributed by atoms with van der Waals surface area (Å²) in [5, 5.41) is 10.3. The van der Waals surface area contributed by atoms with Gasteiger partial charge in [0.15, 0.2) is 0 Å². The Morgan fingerprint density at radius 2 is 2.06 bits per heavy atom. The van der Waals surface area contributed by atoms with E-state index < -0.39 is 0 Å². The first-order valence-corrected chi connectivity index (χ1v) is 7.54. The first-order valence-electron chi connectivity index (χ1n) is 6.74. The lowest BCUT2D eigenvalue weighted by molar-refractivity contribution is -0.0454. The molecule has 0 amide bonds. The fourth-order valence-corrected chi connectivity index (χ4v) is 3.54. The fraction of sp³-hybridized carbons (Fsp3) is 0.600. The lowest BCUT2D eigenvalue weighted by Crippen LogP contribution is -2.43. The maximum Gasteiger partial charge on any atom is 0.127 e. The van der Waals surface area contributed by atoms with Crippen LogP contribution in [0.3, 0.4) is 0 Å². The van der Waals surface area contributed by atoms with Crippen molar-refractivity contribution in [3.8, 4) is 5.75 Å². The van der Waals surface area contributed by atoms with Crippen LogP contribution >= 0.6 is 15.9 Å². The molecule has 0 bridgehead atoms. The third kappa shape index (κ3) is 2.19. The number of fused-ring (bicyclic) bond motifs is 1. The molecular formula is C15H19BrO2. The molecule has 1 atom stereocenters. The highest BCUT2D eigenvalue weighted by Crippen LogP contribution is 2.47. The van der Waals surface area contributed by atoms with Crippen molar-refractivity contribution in [3.63, 3.8) is 0 Å². The van der Waals surface area contributed by atoms with Crippen molar-refractivity contribution in [2.75, 3.05) is 0 Å². The van der Waals surface area contributed by atoms with Crippen LogP contribution in [0.15, 0.2) is 22.7 Å². The predicted octanol–water partition coefficient (Wildman–Crippen LogP) is 4.21. The molecule has 1 saturated carbocycles. The van der Waals surface area contributed by atoms with Gasteiger partial charge in [0.1, 0.15) is 11.4 Å². The lowest BCUT2D eigenvalue weighted by Gasteiger charge is -2.44. The summed E-state index contributed by atoms with van der Waals surface area (Å²) in [6, 6.07) is 5.91. The molecule has 1 fully saturated rings. The standard InChI is InChI=1S/C15H19BrO2/c1-10-4-6-15(7-5-10)9-13(17)12-3-2-11(16)8-14(12)18-15/h2-3,8,10,13,17H,4-7,9H2,1H3. The van der Waals surface area contributed by atoms with E-state index in [-0.39, 0.29) is 11.7 Å². The Morgan fingerprint density at radius 1 is 1.33 bits per heavy atom. The zero-order valence-corrected chi connectivity index (χ0v) is 12.2. The molecular weight excluding hydrogens is 292 g/mol. The summed E-state index contributed by atoms with van der Waals surface area (Å²) in [4.78, 5) is 0. The van der Waals surface area contributed by atoms with Gasteiger partial charge in [-0.1, -0.05) is 28.9 Å².